The van der Waals surface area contributed by atoms with E-state index in [4.69, 9.17) is 27.9 Å². The lowest BCUT2D eigenvalue weighted by Gasteiger charge is -2.10. The van der Waals surface area contributed by atoms with Crippen molar-refractivity contribution in [3.63, 3.8) is 0 Å². The monoisotopic (exact) mass is 447 g/mol. The molecule has 0 spiro atoms. The van der Waals surface area contributed by atoms with Gasteiger partial charge in [0.05, 0.1) is 6.61 Å². The van der Waals surface area contributed by atoms with E-state index in [-0.39, 0.29) is 0 Å². The molecule has 29 heavy (non-hydrogen) atoms. The van der Waals surface area contributed by atoms with Gasteiger partial charge in [-0.2, -0.15) is 0 Å². The van der Waals surface area contributed by atoms with Crippen molar-refractivity contribution in [2.24, 2.45) is 0 Å². The molecule has 2 aromatic carbocycles. The van der Waals surface area contributed by atoms with Gasteiger partial charge in [0, 0.05) is 28.8 Å². The molecule has 0 atom stereocenters. The summed E-state index contributed by atoms with van der Waals surface area (Å²) in [6.07, 6.45) is 3.48. The molecule has 0 saturated carbocycles. The van der Waals surface area contributed by atoms with Gasteiger partial charge in [-0.15, -0.1) is 16.8 Å². The van der Waals surface area contributed by atoms with Crippen LogP contribution < -0.4 is 4.74 Å². The summed E-state index contributed by atoms with van der Waals surface area (Å²) in [5.41, 5.74) is 2.12. The van der Waals surface area contributed by atoms with Crippen molar-refractivity contribution in [3.05, 3.63) is 82.1 Å². The van der Waals surface area contributed by atoms with Crippen molar-refractivity contribution in [3.8, 4) is 5.75 Å². The highest BCUT2D eigenvalue weighted by molar-refractivity contribution is 7.98. The number of hydrogen-bond donors (Lipinski definition) is 0. The molecule has 0 bridgehead atoms. The Morgan fingerprint density at radius 1 is 1.17 bits per heavy atom. The molecule has 3 rings (SSSR count). The Kier molecular flexibility index (Phi) is 8.04. The van der Waals surface area contributed by atoms with Gasteiger partial charge >= 0.3 is 0 Å². The fourth-order valence-electron chi connectivity index (χ4n) is 2.87. The van der Waals surface area contributed by atoms with Gasteiger partial charge in [-0.05, 0) is 48.7 Å². The summed E-state index contributed by atoms with van der Waals surface area (Å²) in [5, 5.41) is 11.1. The van der Waals surface area contributed by atoms with Crippen LogP contribution in [0.15, 0.2) is 60.3 Å². The second-order valence-corrected chi connectivity index (χ2v) is 8.33. The van der Waals surface area contributed by atoms with Crippen LogP contribution in [0.5, 0.6) is 5.75 Å². The predicted molar refractivity (Wildman–Crippen MR) is 121 cm³/mol. The van der Waals surface area contributed by atoms with E-state index in [2.05, 4.69) is 21.3 Å². The quantitative estimate of drug-likeness (QED) is 0.205. The molecule has 0 amide bonds. The minimum absolute atomic E-state index is 0.603. The molecule has 4 nitrogen and oxygen atoms in total. The number of rotatable bonds is 10. The van der Waals surface area contributed by atoms with Crippen LogP contribution >= 0.6 is 35.0 Å². The Bertz CT molecular complexity index is 974. The van der Waals surface area contributed by atoms with Gasteiger partial charge in [0.1, 0.15) is 11.6 Å². The third-order valence-corrected chi connectivity index (χ3v) is 5.98. The van der Waals surface area contributed by atoms with Crippen LogP contribution in [-0.2, 0) is 18.7 Å². The Hall–Kier alpha value is -1.95. The number of benzene rings is 2. The molecule has 1 heterocycles. The van der Waals surface area contributed by atoms with Gasteiger partial charge in [-0.3, -0.25) is 0 Å². The smallest absolute Gasteiger partial charge is 0.191 e. The Labute approximate surface area is 185 Å². The number of hydrogen-bond acceptors (Lipinski definition) is 4. The zero-order chi connectivity index (χ0) is 20.6. The van der Waals surface area contributed by atoms with Gasteiger partial charge in [0.25, 0.3) is 0 Å². The lowest BCUT2D eigenvalue weighted by molar-refractivity contribution is 0.307. The normalized spacial score (nSPS) is 10.9. The van der Waals surface area contributed by atoms with Crippen molar-refractivity contribution in [1.29, 1.82) is 0 Å². The van der Waals surface area contributed by atoms with Crippen LogP contribution in [0.4, 0.5) is 0 Å². The lowest BCUT2D eigenvalue weighted by Crippen LogP contribution is -2.07. The van der Waals surface area contributed by atoms with Gasteiger partial charge in [0.15, 0.2) is 5.16 Å². The summed E-state index contributed by atoms with van der Waals surface area (Å²) >= 11 is 13.9. The van der Waals surface area contributed by atoms with Crippen LogP contribution in [0, 0.1) is 6.92 Å². The van der Waals surface area contributed by atoms with E-state index in [9.17, 15) is 0 Å². The maximum Gasteiger partial charge on any atom is 0.191 e. The topological polar surface area (TPSA) is 39.9 Å². The maximum absolute atomic E-state index is 6.26. The molecule has 7 heteroatoms. The highest BCUT2D eigenvalue weighted by atomic mass is 35.5. The van der Waals surface area contributed by atoms with Crippen molar-refractivity contribution >= 4 is 35.0 Å². The highest BCUT2D eigenvalue weighted by Gasteiger charge is 2.12. The lowest BCUT2D eigenvalue weighted by atomic mass is 10.2. The number of aryl methyl sites for hydroxylation is 2. The van der Waals surface area contributed by atoms with E-state index in [0.29, 0.717) is 18.2 Å². The first-order valence-corrected chi connectivity index (χ1v) is 11.1. The molecule has 3 aromatic rings. The molecule has 0 saturated heterocycles. The first-order valence-electron chi connectivity index (χ1n) is 9.36. The Morgan fingerprint density at radius 2 is 2.00 bits per heavy atom. The fraction of sp³-hybridized carbons (Fsp3) is 0.273. The average Bonchev–Trinajstić information content (AvgIpc) is 3.08. The standard InChI is InChI=1S/C22H23Cl2N3OS/c1-3-12-27-21(9-6-13-28-20-11-10-18(23)14-16(20)2)25-26-22(27)29-15-17-7-4-5-8-19(17)24/h3-5,7-8,10-11,14H,1,6,9,12-13,15H2,2H3. The Morgan fingerprint density at radius 3 is 2.76 bits per heavy atom. The summed E-state index contributed by atoms with van der Waals surface area (Å²) in [7, 11) is 0. The molecule has 0 aliphatic heterocycles. The molecule has 0 aliphatic rings. The van der Waals surface area contributed by atoms with Crippen LogP contribution in [0.25, 0.3) is 0 Å². The Balaban J connectivity index is 1.57. The first-order chi connectivity index (χ1) is 14.1. The molecule has 0 N–H and O–H groups in total. The second-order valence-electron chi connectivity index (χ2n) is 6.54. The van der Waals surface area contributed by atoms with Crippen LogP contribution in [0.3, 0.4) is 0 Å². The largest absolute Gasteiger partial charge is 0.493 e. The number of thioether (sulfide) groups is 1. The number of halogens is 2. The number of aromatic nitrogens is 3. The second kappa shape index (κ2) is 10.7. The molecule has 1 aromatic heterocycles. The molecule has 0 aliphatic carbocycles. The summed E-state index contributed by atoms with van der Waals surface area (Å²) < 4.78 is 7.98. The molecular weight excluding hydrogens is 425 g/mol. The van der Waals surface area contributed by atoms with Gasteiger partial charge in [-0.1, -0.05) is 59.2 Å². The number of allylic oxidation sites excluding steroid dienone is 1. The summed E-state index contributed by atoms with van der Waals surface area (Å²) in [6, 6.07) is 13.5. The third kappa shape index (κ3) is 6.01. The predicted octanol–water partition coefficient (Wildman–Crippen LogP) is 6.38. The van der Waals surface area contributed by atoms with Gasteiger partial charge in [0.2, 0.25) is 0 Å². The van der Waals surface area contributed by atoms with Crippen molar-refractivity contribution in [2.45, 2.75) is 37.2 Å². The van der Waals surface area contributed by atoms with E-state index in [1.165, 1.54) is 0 Å². The molecule has 0 radical (unpaired) electrons. The number of ether oxygens (including phenoxy) is 1. The number of nitrogens with zero attached hydrogens (tertiary/aromatic N) is 3. The van der Waals surface area contributed by atoms with Crippen LogP contribution in [0.1, 0.15) is 23.4 Å². The molecule has 0 fully saturated rings. The SMILES string of the molecule is C=CCn1c(CCCOc2ccc(Cl)cc2C)nnc1SCc1ccccc1Cl. The molecular formula is C22H23Cl2N3OS. The highest BCUT2D eigenvalue weighted by Crippen LogP contribution is 2.26. The third-order valence-electron chi connectivity index (χ3n) is 4.36. The molecule has 0 unspecified atom stereocenters. The minimum Gasteiger partial charge on any atom is -0.493 e. The van der Waals surface area contributed by atoms with Crippen molar-refractivity contribution in [1.82, 2.24) is 14.8 Å². The maximum atomic E-state index is 6.26. The van der Waals surface area contributed by atoms with E-state index in [1.807, 2.05) is 55.5 Å². The van der Waals surface area contributed by atoms with Crippen molar-refractivity contribution < 1.29 is 4.74 Å². The van der Waals surface area contributed by atoms with E-state index >= 15 is 0 Å². The van der Waals surface area contributed by atoms with Gasteiger partial charge in [-0.25, -0.2) is 0 Å². The zero-order valence-corrected chi connectivity index (χ0v) is 18.6. The van der Waals surface area contributed by atoms with E-state index < -0.39 is 0 Å². The van der Waals surface area contributed by atoms with Crippen LogP contribution in [-0.4, -0.2) is 21.4 Å². The summed E-state index contributed by atoms with van der Waals surface area (Å²) in [6.45, 7) is 7.13. The van der Waals surface area contributed by atoms with E-state index in [0.717, 1.165) is 51.5 Å². The van der Waals surface area contributed by atoms with Crippen LogP contribution in [0.2, 0.25) is 10.0 Å². The van der Waals surface area contributed by atoms with E-state index in [1.54, 1.807) is 11.8 Å². The average molecular weight is 448 g/mol. The molecule has 152 valence electrons. The summed E-state index contributed by atoms with van der Waals surface area (Å²) in [5.74, 6) is 2.54. The minimum atomic E-state index is 0.603. The fourth-order valence-corrected chi connectivity index (χ4v) is 4.35. The zero-order valence-electron chi connectivity index (χ0n) is 16.3. The summed E-state index contributed by atoms with van der Waals surface area (Å²) in [4.78, 5) is 0. The first kappa shape index (κ1) is 21.8. The van der Waals surface area contributed by atoms with Gasteiger partial charge < -0.3 is 9.30 Å². The van der Waals surface area contributed by atoms with Crippen molar-refractivity contribution in [2.75, 3.05) is 6.61 Å².